The van der Waals surface area contributed by atoms with E-state index in [-0.39, 0.29) is 28.8 Å². The Hall–Kier alpha value is -0.870. The van der Waals surface area contributed by atoms with E-state index in [1.807, 2.05) is 0 Å². The molecule has 0 aromatic rings. The Balaban J connectivity index is 1.61. The second-order valence-electron chi connectivity index (χ2n) is 10.00. The van der Waals surface area contributed by atoms with Crippen LogP contribution in [0.5, 0.6) is 0 Å². The SMILES string of the molecule is COC(=O)[C@]1(C)CCC[C@@]2(C)C3=C[C@@H]4OC[C@@]5(O)C[C@]3(CC[C@H]12)C[C@@H]45. The molecule has 7 atom stereocenters. The number of carbonyl (C=O) groups excluding carboxylic acids is 1. The molecule has 1 aliphatic heterocycles. The lowest BCUT2D eigenvalue weighted by molar-refractivity contribution is -0.165. The van der Waals surface area contributed by atoms with Gasteiger partial charge >= 0.3 is 5.97 Å². The Kier molecular flexibility index (Phi) is 3.06. The minimum Gasteiger partial charge on any atom is -0.469 e. The molecular formula is C21H30O4. The smallest absolute Gasteiger partial charge is 0.311 e. The Morgan fingerprint density at radius 1 is 1.32 bits per heavy atom. The van der Waals surface area contributed by atoms with Crippen molar-refractivity contribution < 1.29 is 19.4 Å². The maximum absolute atomic E-state index is 12.7. The zero-order valence-electron chi connectivity index (χ0n) is 15.6. The predicted octanol–water partition coefficient (Wildman–Crippen LogP) is 3.23. The highest BCUT2D eigenvalue weighted by molar-refractivity contribution is 5.77. The van der Waals surface area contributed by atoms with E-state index in [2.05, 4.69) is 19.9 Å². The van der Waals surface area contributed by atoms with Gasteiger partial charge in [-0.2, -0.15) is 0 Å². The minimum atomic E-state index is -0.633. The van der Waals surface area contributed by atoms with Gasteiger partial charge in [0.1, 0.15) is 0 Å². The second kappa shape index (κ2) is 4.69. The molecule has 1 spiro atoms. The van der Waals surface area contributed by atoms with Crippen LogP contribution in [0.25, 0.3) is 0 Å². The van der Waals surface area contributed by atoms with Gasteiger partial charge in [-0.1, -0.05) is 25.0 Å². The van der Waals surface area contributed by atoms with Crippen molar-refractivity contribution in [2.75, 3.05) is 13.7 Å². The monoisotopic (exact) mass is 346 g/mol. The van der Waals surface area contributed by atoms with Crippen molar-refractivity contribution in [2.24, 2.45) is 28.1 Å². The van der Waals surface area contributed by atoms with Crippen LogP contribution in [0.15, 0.2) is 11.6 Å². The molecule has 2 bridgehead atoms. The summed E-state index contributed by atoms with van der Waals surface area (Å²) in [5.41, 5.74) is 0.638. The van der Waals surface area contributed by atoms with Gasteiger partial charge in [-0.15, -0.1) is 0 Å². The molecule has 4 fully saturated rings. The molecule has 0 unspecified atom stereocenters. The zero-order chi connectivity index (χ0) is 17.7. The van der Waals surface area contributed by atoms with Crippen LogP contribution < -0.4 is 0 Å². The van der Waals surface area contributed by atoms with E-state index >= 15 is 0 Å². The number of allylic oxidation sites excluding steroid dienone is 1. The first kappa shape index (κ1) is 16.3. The van der Waals surface area contributed by atoms with Gasteiger partial charge in [0.15, 0.2) is 0 Å². The van der Waals surface area contributed by atoms with Crippen molar-refractivity contribution >= 4 is 5.97 Å². The van der Waals surface area contributed by atoms with Crippen molar-refractivity contribution in [1.29, 1.82) is 0 Å². The van der Waals surface area contributed by atoms with Crippen molar-refractivity contribution in [2.45, 2.75) is 70.5 Å². The van der Waals surface area contributed by atoms with Gasteiger partial charge in [0.2, 0.25) is 0 Å². The van der Waals surface area contributed by atoms with Gasteiger partial charge in [-0.25, -0.2) is 0 Å². The molecule has 5 rings (SSSR count). The van der Waals surface area contributed by atoms with Crippen LogP contribution in [0.4, 0.5) is 0 Å². The van der Waals surface area contributed by atoms with Crippen molar-refractivity contribution in [1.82, 2.24) is 0 Å². The average Bonchev–Trinajstić information content (AvgIpc) is 2.99. The number of carbonyl (C=O) groups is 1. The van der Waals surface area contributed by atoms with Crippen LogP contribution >= 0.6 is 0 Å². The molecule has 4 heteroatoms. The van der Waals surface area contributed by atoms with E-state index < -0.39 is 11.0 Å². The number of hydrogen-bond donors (Lipinski definition) is 1. The van der Waals surface area contributed by atoms with Crippen LogP contribution in [-0.4, -0.2) is 36.5 Å². The van der Waals surface area contributed by atoms with Gasteiger partial charge in [0, 0.05) is 5.92 Å². The number of fused-ring (bicyclic) bond motifs is 2. The van der Waals surface area contributed by atoms with Gasteiger partial charge in [-0.3, -0.25) is 4.79 Å². The summed E-state index contributed by atoms with van der Waals surface area (Å²) >= 11 is 0. The van der Waals surface area contributed by atoms with Crippen LogP contribution in [0, 0.1) is 28.1 Å². The molecule has 0 aromatic heterocycles. The lowest BCUT2D eigenvalue weighted by Gasteiger charge is -2.60. The first-order chi connectivity index (χ1) is 11.8. The summed E-state index contributed by atoms with van der Waals surface area (Å²) in [5.74, 6) is 0.548. The van der Waals surface area contributed by atoms with E-state index in [9.17, 15) is 9.90 Å². The lowest BCUT2D eigenvalue weighted by Crippen LogP contribution is -2.55. The molecule has 5 aliphatic rings. The summed E-state index contributed by atoms with van der Waals surface area (Å²) in [4.78, 5) is 12.7. The predicted molar refractivity (Wildman–Crippen MR) is 92.7 cm³/mol. The molecule has 0 aromatic carbocycles. The summed E-state index contributed by atoms with van der Waals surface area (Å²) in [6.45, 7) is 4.99. The normalized spacial score (nSPS) is 56.0. The molecule has 1 N–H and O–H groups in total. The lowest BCUT2D eigenvalue weighted by atomic mass is 9.44. The average molecular weight is 346 g/mol. The number of esters is 1. The van der Waals surface area contributed by atoms with Crippen molar-refractivity contribution in [3.05, 3.63) is 11.6 Å². The molecular weight excluding hydrogens is 316 g/mol. The van der Waals surface area contributed by atoms with E-state index in [0.717, 1.165) is 44.9 Å². The number of methoxy groups -OCH3 is 1. The highest BCUT2D eigenvalue weighted by Gasteiger charge is 2.69. The molecule has 25 heavy (non-hydrogen) atoms. The molecule has 0 amide bonds. The van der Waals surface area contributed by atoms with E-state index in [1.165, 1.54) is 12.7 Å². The van der Waals surface area contributed by atoms with Gasteiger partial charge < -0.3 is 14.6 Å². The standard InChI is InChI=1S/C21H30O4/c1-18-6-4-7-19(2,17(22)24-3)15(18)5-8-20-10-13-14(9-16(18)20)25-12-21(13,23)11-20/h9,13-15,23H,4-8,10-12H2,1-3H3/t13-,14-,15-,18+,19+,20-,21-/m0/s1. The maximum atomic E-state index is 12.7. The Morgan fingerprint density at radius 2 is 2.12 bits per heavy atom. The fraction of sp³-hybridized carbons (Fsp3) is 0.857. The quantitative estimate of drug-likeness (QED) is 0.585. The second-order valence-corrected chi connectivity index (χ2v) is 10.00. The maximum Gasteiger partial charge on any atom is 0.311 e. The topological polar surface area (TPSA) is 55.8 Å². The van der Waals surface area contributed by atoms with Crippen molar-refractivity contribution in [3.63, 3.8) is 0 Å². The minimum absolute atomic E-state index is 0.0224. The first-order valence-corrected chi connectivity index (χ1v) is 9.93. The third-order valence-electron chi connectivity index (χ3n) is 8.88. The fourth-order valence-corrected chi connectivity index (χ4v) is 7.90. The van der Waals surface area contributed by atoms with Crippen LogP contribution in [0.2, 0.25) is 0 Å². The number of ether oxygens (including phenoxy) is 2. The van der Waals surface area contributed by atoms with Gasteiger partial charge in [-0.05, 0) is 62.2 Å². The summed E-state index contributed by atoms with van der Waals surface area (Å²) < 4.78 is 11.2. The Morgan fingerprint density at radius 3 is 2.88 bits per heavy atom. The molecule has 4 aliphatic carbocycles. The number of aliphatic hydroxyl groups is 1. The zero-order valence-corrected chi connectivity index (χ0v) is 15.6. The summed E-state index contributed by atoms with van der Waals surface area (Å²) in [6.07, 6.45) is 9.63. The number of hydrogen-bond acceptors (Lipinski definition) is 4. The summed E-state index contributed by atoms with van der Waals surface area (Å²) in [7, 11) is 1.52. The third-order valence-corrected chi connectivity index (χ3v) is 8.88. The van der Waals surface area contributed by atoms with Crippen LogP contribution in [0.3, 0.4) is 0 Å². The van der Waals surface area contributed by atoms with E-state index in [4.69, 9.17) is 9.47 Å². The highest BCUT2D eigenvalue weighted by Crippen LogP contribution is 2.72. The third kappa shape index (κ3) is 1.78. The van der Waals surface area contributed by atoms with Crippen molar-refractivity contribution in [3.8, 4) is 0 Å². The summed E-state index contributed by atoms with van der Waals surface area (Å²) in [5, 5.41) is 11.1. The highest BCUT2D eigenvalue weighted by atomic mass is 16.5. The Labute approximate surface area is 150 Å². The first-order valence-electron chi connectivity index (χ1n) is 9.93. The molecule has 138 valence electrons. The van der Waals surface area contributed by atoms with Crippen LogP contribution in [0.1, 0.15) is 58.8 Å². The molecule has 1 heterocycles. The van der Waals surface area contributed by atoms with E-state index in [0.29, 0.717) is 12.5 Å². The molecule has 4 nitrogen and oxygen atoms in total. The fourth-order valence-electron chi connectivity index (χ4n) is 7.90. The molecule has 1 saturated heterocycles. The molecule has 0 radical (unpaired) electrons. The van der Waals surface area contributed by atoms with E-state index in [1.54, 1.807) is 0 Å². The van der Waals surface area contributed by atoms with Gasteiger partial charge in [0.25, 0.3) is 0 Å². The van der Waals surface area contributed by atoms with Gasteiger partial charge in [0.05, 0.1) is 30.8 Å². The summed E-state index contributed by atoms with van der Waals surface area (Å²) in [6, 6.07) is 0. The Bertz CT molecular complexity index is 671. The largest absolute Gasteiger partial charge is 0.469 e. The van der Waals surface area contributed by atoms with Crippen LogP contribution in [-0.2, 0) is 14.3 Å². The molecule has 3 saturated carbocycles. The number of rotatable bonds is 1.